The van der Waals surface area contributed by atoms with Crippen molar-refractivity contribution in [2.24, 2.45) is 7.05 Å². The molecule has 1 rings (SSSR count). The molecule has 0 aliphatic rings. The van der Waals surface area contributed by atoms with E-state index in [9.17, 15) is 8.42 Å². The van der Waals surface area contributed by atoms with E-state index in [-0.39, 0.29) is 6.04 Å². The van der Waals surface area contributed by atoms with Crippen molar-refractivity contribution in [1.29, 1.82) is 0 Å². The van der Waals surface area contributed by atoms with Crippen LogP contribution in [0, 0.1) is 0 Å². The van der Waals surface area contributed by atoms with E-state index in [0.717, 1.165) is 18.7 Å². The lowest BCUT2D eigenvalue weighted by Gasteiger charge is -2.10. The van der Waals surface area contributed by atoms with E-state index in [1.807, 2.05) is 32.4 Å². The molecule has 6 heteroatoms. The molecule has 0 saturated carbocycles. The summed E-state index contributed by atoms with van der Waals surface area (Å²) in [4.78, 5) is 0.332. The van der Waals surface area contributed by atoms with Gasteiger partial charge in [0.15, 0.2) is 0 Å². The van der Waals surface area contributed by atoms with E-state index in [1.54, 1.807) is 12.3 Å². The van der Waals surface area contributed by atoms with Crippen LogP contribution in [-0.4, -0.2) is 25.6 Å². The molecule has 0 aliphatic carbocycles. The van der Waals surface area contributed by atoms with Gasteiger partial charge >= 0.3 is 0 Å². The Balaban J connectivity index is 2.89. The lowest BCUT2D eigenvalue weighted by atomic mass is 10.3. The van der Waals surface area contributed by atoms with Crippen LogP contribution in [0.2, 0.25) is 0 Å². The van der Waals surface area contributed by atoms with Gasteiger partial charge in [0, 0.05) is 31.5 Å². The predicted octanol–water partition coefficient (Wildman–Crippen LogP) is 1.21. The molecule has 5 nitrogen and oxygen atoms in total. The smallest absolute Gasteiger partial charge is 0.242 e. The molecule has 1 unspecified atom stereocenters. The number of sulfonamides is 1. The number of hydrogen-bond donors (Lipinski definition) is 2. The zero-order chi connectivity index (χ0) is 13.8. The van der Waals surface area contributed by atoms with Crippen LogP contribution in [0.15, 0.2) is 17.2 Å². The molecular weight excluding hydrogens is 250 g/mol. The van der Waals surface area contributed by atoms with Crippen LogP contribution >= 0.6 is 0 Å². The highest BCUT2D eigenvalue weighted by molar-refractivity contribution is 7.89. The molecule has 18 heavy (non-hydrogen) atoms. The van der Waals surface area contributed by atoms with Gasteiger partial charge in [-0.2, -0.15) is 0 Å². The highest BCUT2D eigenvalue weighted by Crippen LogP contribution is 2.14. The summed E-state index contributed by atoms with van der Waals surface area (Å²) in [6.07, 6.45) is 2.42. The van der Waals surface area contributed by atoms with Crippen molar-refractivity contribution < 1.29 is 8.42 Å². The van der Waals surface area contributed by atoms with Crippen molar-refractivity contribution in [3.63, 3.8) is 0 Å². The fourth-order valence-electron chi connectivity index (χ4n) is 1.57. The molecule has 2 N–H and O–H groups in total. The SMILES string of the molecule is CCNCc1cc(S(=O)(=O)NC(C)CC)cn1C. The van der Waals surface area contributed by atoms with Crippen molar-refractivity contribution in [1.82, 2.24) is 14.6 Å². The molecule has 0 aromatic carbocycles. The van der Waals surface area contributed by atoms with Gasteiger partial charge in [-0.15, -0.1) is 0 Å². The Morgan fingerprint density at radius 3 is 2.61 bits per heavy atom. The Kier molecular flexibility index (Phi) is 5.37. The van der Waals surface area contributed by atoms with Crippen LogP contribution < -0.4 is 10.0 Å². The molecule has 1 aromatic heterocycles. The van der Waals surface area contributed by atoms with Crippen LogP contribution in [0.3, 0.4) is 0 Å². The summed E-state index contributed by atoms with van der Waals surface area (Å²) in [5, 5.41) is 3.19. The van der Waals surface area contributed by atoms with Gasteiger partial charge in [-0.1, -0.05) is 13.8 Å². The standard InChI is InChI=1S/C12H23N3O2S/c1-5-10(3)14-18(16,17)12-7-11(8-13-6-2)15(4)9-12/h7,9-10,13-14H,5-6,8H2,1-4H3. The first-order valence-electron chi connectivity index (χ1n) is 6.29. The summed E-state index contributed by atoms with van der Waals surface area (Å²) in [6.45, 7) is 7.37. The summed E-state index contributed by atoms with van der Waals surface area (Å²) in [5.74, 6) is 0. The van der Waals surface area contributed by atoms with Gasteiger partial charge in [0.25, 0.3) is 0 Å². The second kappa shape index (κ2) is 6.36. The van der Waals surface area contributed by atoms with Crippen LogP contribution in [0.4, 0.5) is 0 Å². The first-order chi connectivity index (χ1) is 8.40. The highest BCUT2D eigenvalue weighted by atomic mass is 32.2. The molecule has 104 valence electrons. The quantitative estimate of drug-likeness (QED) is 0.785. The Labute approximate surface area is 110 Å². The molecule has 0 radical (unpaired) electrons. The lowest BCUT2D eigenvalue weighted by molar-refractivity contribution is 0.555. The number of nitrogens with zero attached hydrogens (tertiary/aromatic N) is 1. The topological polar surface area (TPSA) is 63.1 Å². The Bertz CT molecular complexity index is 480. The minimum atomic E-state index is -3.40. The molecule has 0 bridgehead atoms. The van der Waals surface area contributed by atoms with Crippen molar-refractivity contribution in [3.05, 3.63) is 18.0 Å². The number of rotatable bonds is 7. The van der Waals surface area contributed by atoms with E-state index in [2.05, 4.69) is 10.0 Å². The number of nitrogens with one attached hydrogen (secondary N) is 2. The van der Waals surface area contributed by atoms with Gasteiger partial charge in [-0.25, -0.2) is 13.1 Å². The molecule has 0 aliphatic heterocycles. The fraction of sp³-hybridized carbons (Fsp3) is 0.667. The molecule has 0 amide bonds. The maximum absolute atomic E-state index is 12.1. The fourth-order valence-corrected chi connectivity index (χ4v) is 2.99. The molecule has 0 saturated heterocycles. The molecule has 1 heterocycles. The first-order valence-corrected chi connectivity index (χ1v) is 7.77. The number of hydrogen-bond acceptors (Lipinski definition) is 3. The summed E-state index contributed by atoms with van der Waals surface area (Å²) in [5.41, 5.74) is 0.960. The third-order valence-corrected chi connectivity index (χ3v) is 4.47. The first kappa shape index (κ1) is 15.2. The molecule has 1 atom stereocenters. The third-order valence-electron chi connectivity index (χ3n) is 2.92. The Morgan fingerprint density at radius 2 is 2.06 bits per heavy atom. The number of aryl methyl sites for hydroxylation is 1. The monoisotopic (exact) mass is 273 g/mol. The van der Waals surface area contributed by atoms with Gasteiger partial charge in [0.1, 0.15) is 0 Å². The largest absolute Gasteiger partial charge is 0.352 e. The minimum absolute atomic E-state index is 0.0487. The van der Waals surface area contributed by atoms with E-state index in [0.29, 0.717) is 11.4 Å². The van der Waals surface area contributed by atoms with E-state index in [1.165, 1.54) is 0 Å². The normalized spacial score (nSPS) is 13.8. The molecular formula is C12H23N3O2S. The average Bonchev–Trinajstić information content (AvgIpc) is 2.68. The van der Waals surface area contributed by atoms with E-state index < -0.39 is 10.0 Å². The maximum atomic E-state index is 12.1. The second-order valence-electron chi connectivity index (χ2n) is 4.49. The summed E-state index contributed by atoms with van der Waals surface area (Å²) in [6, 6.07) is 1.67. The maximum Gasteiger partial charge on any atom is 0.242 e. The van der Waals surface area contributed by atoms with Crippen LogP contribution in [0.5, 0.6) is 0 Å². The molecule has 0 fully saturated rings. The Hall–Kier alpha value is -0.850. The average molecular weight is 273 g/mol. The van der Waals surface area contributed by atoms with E-state index >= 15 is 0 Å². The van der Waals surface area contributed by atoms with Gasteiger partial charge < -0.3 is 9.88 Å². The van der Waals surface area contributed by atoms with Crippen molar-refractivity contribution >= 4 is 10.0 Å². The number of aromatic nitrogens is 1. The minimum Gasteiger partial charge on any atom is -0.352 e. The second-order valence-corrected chi connectivity index (χ2v) is 6.20. The van der Waals surface area contributed by atoms with Crippen molar-refractivity contribution in [3.8, 4) is 0 Å². The van der Waals surface area contributed by atoms with Crippen molar-refractivity contribution in [2.45, 2.75) is 44.7 Å². The predicted molar refractivity (Wildman–Crippen MR) is 72.9 cm³/mol. The van der Waals surface area contributed by atoms with Gasteiger partial charge in [-0.05, 0) is 26.0 Å². The zero-order valence-corrected chi connectivity index (χ0v) is 12.3. The summed E-state index contributed by atoms with van der Waals surface area (Å²) >= 11 is 0. The zero-order valence-electron chi connectivity index (χ0n) is 11.5. The lowest BCUT2D eigenvalue weighted by Crippen LogP contribution is -2.31. The summed E-state index contributed by atoms with van der Waals surface area (Å²) in [7, 11) is -1.54. The van der Waals surface area contributed by atoms with Gasteiger partial charge in [0.05, 0.1) is 4.90 Å². The van der Waals surface area contributed by atoms with Crippen LogP contribution in [0.1, 0.15) is 32.9 Å². The highest BCUT2D eigenvalue weighted by Gasteiger charge is 2.19. The van der Waals surface area contributed by atoms with Crippen molar-refractivity contribution in [2.75, 3.05) is 6.54 Å². The van der Waals surface area contributed by atoms with E-state index in [4.69, 9.17) is 0 Å². The van der Waals surface area contributed by atoms with Crippen LogP contribution in [-0.2, 0) is 23.6 Å². The van der Waals surface area contributed by atoms with Gasteiger partial charge in [-0.3, -0.25) is 0 Å². The Morgan fingerprint density at radius 1 is 1.39 bits per heavy atom. The molecule has 0 spiro atoms. The summed E-state index contributed by atoms with van der Waals surface area (Å²) < 4.78 is 28.7. The third kappa shape index (κ3) is 3.83. The van der Waals surface area contributed by atoms with Gasteiger partial charge in [0.2, 0.25) is 10.0 Å². The van der Waals surface area contributed by atoms with Crippen LogP contribution in [0.25, 0.3) is 0 Å². The molecule has 1 aromatic rings.